The summed E-state index contributed by atoms with van der Waals surface area (Å²) in [5.41, 5.74) is 0. The second kappa shape index (κ2) is 7110. The minimum atomic E-state index is 0. The third kappa shape index (κ3) is 1130. The van der Waals surface area contributed by atoms with E-state index in [4.69, 9.17) is 0 Å². The van der Waals surface area contributed by atoms with E-state index in [9.17, 15) is 0 Å². The Hall–Kier alpha value is -0.0400. The van der Waals surface area contributed by atoms with Crippen LogP contribution in [0.2, 0.25) is 0 Å². The number of hydrogen-bond acceptors (Lipinski definition) is 0. The topological polar surface area (TPSA) is 31.5 Å². The van der Waals surface area contributed by atoms with Crippen molar-refractivity contribution >= 4 is 0 Å². The van der Waals surface area contributed by atoms with Crippen LogP contribution in [0.25, 0.3) is 0 Å². The van der Waals surface area contributed by atoms with Crippen molar-refractivity contribution in [3.63, 3.8) is 0 Å². The molecule has 0 unspecified atom stereocenters. The summed E-state index contributed by atoms with van der Waals surface area (Å²) in [6.07, 6.45) is 0. The molecule has 4 heavy (non-hydrogen) atoms. The lowest BCUT2D eigenvalue weighted by Gasteiger charge is -0.412. The maximum Gasteiger partial charge on any atom is 1.00 e. The van der Waals surface area contributed by atoms with Crippen LogP contribution in [0.3, 0.4) is 0 Å². The fourth-order valence-corrected chi connectivity index (χ4v) is 0. The van der Waals surface area contributed by atoms with Crippen LogP contribution in [0.4, 0.5) is 0 Å². The summed E-state index contributed by atoms with van der Waals surface area (Å²) >= 11 is 0. The molecule has 0 fully saturated rings. The fourth-order valence-electron chi connectivity index (χ4n) is 0. The maximum atomic E-state index is 0. The zero-order valence-corrected chi connectivity index (χ0v) is 0.500. The van der Waals surface area contributed by atoms with Gasteiger partial charge in [0.05, 0.1) is 0 Å². The van der Waals surface area contributed by atoms with Crippen LogP contribution in [0, 0.1) is 0 Å². The van der Waals surface area contributed by atoms with Gasteiger partial charge in [-0.25, -0.2) is 0 Å². The average Bonchev–Trinajstić information content (AvgIpc) is 0. The largest absolute Gasteiger partial charge is 1.00 e. The zero-order chi connectivity index (χ0) is 0. The molecule has 0 aromatic carbocycles. The third-order valence-electron chi connectivity index (χ3n) is 0. The van der Waals surface area contributed by atoms with Crippen molar-refractivity contribution in [1.82, 2.24) is 0 Å². The summed E-state index contributed by atoms with van der Waals surface area (Å²) in [4.78, 5) is 0. The van der Waals surface area contributed by atoms with E-state index in [0.717, 1.165) is 0 Å². The summed E-state index contributed by atoms with van der Waals surface area (Å²) in [6.45, 7) is 0. The highest BCUT2D eigenvalue weighted by molar-refractivity contribution is 2.51. The standard InChI is InChI=1S/3CH4.H2O.H2/h3*1H4;1H2;1H/p+1. The van der Waals surface area contributed by atoms with Crippen LogP contribution in [0.1, 0.15) is 25.1 Å². The molecule has 0 rings (SSSR count). The van der Waals surface area contributed by atoms with E-state index in [-0.39, 0.29) is 30.6 Å². The molecule has 0 aromatic rings. The minimum Gasteiger partial charge on any atom is -0.412 e. The van der Waals surface area contributed by atoms with Crippen molar-refractivity contribution < 1.29 is 8.33 Å². The van der Waals surface area contributed by atoms with E-state index < -0.39 is 0 Å². The van der Waals surface area contributed by atoms with E-state index in [2.05, 4.69) is 0 Å². The number of hydrogen-bond donors (Lipinski definition) is 0. The summed E-state index contributed by atoms with van der Waals surface area (Å²) < 4.78 is 0. The van der Waals surface area contributed by atoms with Gasteiger partial charge in [0.25, 0.3) is 0 Å². The Balaban J connectivity index is 0. The molecule has 0 spiro atoms. The van der Waals surface area contributed by atoms with Crippen LogP contribution < -0.4 is 0 Å². The van der Waals surface area contributed by atoms with E-state index in [1.807, 2.05) is 0 Å². The van der Waals surface area contributed by atoms with Crippen molar-refractivity contribution in [3.05, 3.63) is 0 Å². The molecule has 0 bridgehead atoms. The zero-order valence-electron chi connectivity index (χ0n) is 1.50. The first-order valence-electron chi connectivity index (χ1n) is 0. The first kappa shape index (κ1) is 21700. The van der Waals surface area contributed by atoms with Gasteiger partial charge >= 0.3 is 1.43 Å². The first-order valence-corrected chi connectivity index (χ1v) is 0. The lowest BCUT2D eigenvalue weighted by molar-refractivity contribution is 0.824. The van der Waals surface area contributed by atoms with E-state index >= 15 is 0 Å². The highest BCUT2D eigenvalue weighted by Gasteiger charge is -0.0755. The van der Waals surface area contributed by atoms with Crippen LogP contribution in [-0.4, -0.2) is 5.48 Å². The van der Waals surface area contributed by atoms with Gasteiger partial charge in [0.1, 0.15) is 0 Å². The molecule has 0 saturated carbocycles. The predicted molar refractivity (Wildman–Crippen MR) is 27.0 cm³/mol. The molecule has 0 saturated heterocycles. The van der Waals surface area contributed by atoms with Crippen molar-refractivity contribution in [1.29, 1.82) is 0 Å². The molecule has 1 nitrogen and oxygen atoms in total. The number of rotatable bonds is 0. The lowest BCUT2D eigenvalue weighted by Crippen LogP contribution is -0.289. The highest BCUT2D eigenvalue weighted by Crippen LogP contribution is 0.146. The third-order valence-corrected chi connectivity index (χ3v) is 0. The van der Waals surface area contributed by atoms with E-state index in [1.54, 1.807) is 0 Å². The van der Waals surface area contributed by atoms with Crippen LogP contribution in [0.5, 0.6) is 0 Å². The molecule has 34 valence electrons. The summed E-state index contributed by atoms with van der Waals surface area (Å²) in [5.74, 6) is 0. The Morgan fingerprint density at radius 2 is 1.00 bits per heavy atom. The van der Waals surface area contributed by atoms with Gasteiger partial charge < -0.3 is 5.48 Å². The first-order chi connectivity index (χ1) is 0. The maximum absolute atomic E-state index is 0. The lowest BCUT2D eigenvalue weighted by atomic mass is 12.0. The van der Waals surface area contributed by atoms with Crippen molar-refractivity contribution in [3.8, 4) is 0 Å². The molecule has 2 N–H and O–H groups in total. The van der Waals surface area contributed by atoms with Gasteiger partial charge in [0, 0.05) is 1.43 Å². The second-order valence-electron chi connectivity index (χ2n) is 0. The molecular weight excluding hydrogens is 52.0 g/mol. The smallest absolute Gasteiger partial charge is 0.412 e. The molecule has 0 heterocycles. The Morgan fingerprint density at radius 1 is 1.00 bits per heavy atom. The molecule has 1 heteroatoms. The molecule has 0 aliphatic rings. The summed E-state index contributed by atoms with van der Waals surface area (Å²) in [7, 11) is 0. The summed E-state index contributed by atoms with van der Waals surface area (Å²) in [5, 5.41) is 0. The van der Waals surface area contributed by atoms with Crippen LogP contribution in [-0.2, 0) is 0 Å². The summed E-state index contributed by atoms with van der Waals surface area (Å²) in [6, 6.07) is 0. The van der Waals surface area contributed by atoms with Crippen LogP contribution in [0.15, 0.2) is 0 Å². The Morgan fingerprint density at radius 3 is 1.00 bits per heavy atom. The molecule has 0 aliphatic carbocycles. The van der Waals surface area contributed by atoms with Gasteiger partial charge in [0.2, 0.25) is 0 Å². The van der Waals surface area contributed by atoms with Gasteiger partial charge in [0.15, 0.2) is 0 Å². The highest BCUT2D eigenvalue weighted by atomic mass is 16.0. The predicted octanol–water partition coefficient (Wildman–Crippen LogP) is 1.44. The van der Waals surface area contributed by atoms with Gasteiger partial charge in [-0.05, 0) is 0 Å². The van der Waals surface area contributed by atoms with Crippen molar-refractivity contribution in [2.45, 2.75) is 22.3 Å². The Labute approximate surface area is 31.9 Å². The van der Waals surface area contributed by atoms with E-state index in [0.29, 0.717) is 0 Å². The van der Waals surface area contributed by atoms with Gasteiger partial charge in [-0.1, -0.05) is 22.3 Å². The van der Waals surface area contributed by atoms with Gasteiger partial charge in [-0.15, -0.1) is 0 Å². The SMILES string of the molecule is C.C.C.O.[H+].[HH]. The Kier molecular flexibility index (Phi) is 38500000. The molecule has 0 radical (unpaired) electrons. The fraction of sp³-hybridized carbons (Fsp3) is 1.00. The normalized spacial score (nSPS) is 0. The molecular formula is C3H17O+. The average molecular weight is 69.2 g/mol. The van der Waals surface area contributed by atoms with Gasteiger partial charge in [-0.2, -0.15) is 0 Å². The quantitative estimate of drug-likeness (QED) is 0.412. The minimum absolute atomic E-state index is 0. The van der Waals surface area contributed by atoms with E-state index in [1.165, 1.54) is 0 Å². The van der Waals surface area contributed by atoms with Crippen molar-refractivity contribution in [2.24, 2.45) is 0 Å². The second-order valence-corrected chi connectivity index (χ2v) is 0. The van der Waals surface area contributed by atoms with Gasteiger partial charge in [-0.3, -0.25) is 0 Å². The molecule has 0 aliphatic heterocycles. The Bertz CT molecular complexity index is 8.75. The van der Waals surface area contributed by atoms with Crippen LogP contribution >= 0.6 is 0 Å². The molecule has 0 aromatic heterocycles. The molecule has 0 atom stereocenters. The monoisotopic (exact) mass is 69.1 g/mol. The molecule has 0 amide bonds. The van der Waals surface area contributed by atoms with Crippen molar-refractivity contribution in [2.75, 3.05) is 0 Å².